The van der Waals surface area contributed by atoms with Gasteiger partial charge in [-0.25, -0.2) is 0 Å². The highest BCUT2D eigenvalue weighted by atomic mass is 79.9. The Bertz CT molecular complexity index is 306. The van der Waals surface area contributed by atoms with Gasteiger partial charge in [-0.05, 0) is 51.4 Å². The lowest BCUT2D eigenvalue weighted by Gasteiger charge is -2.39. The highest BCUT2D eigenvalue weighted by Gasteiger charge is 2.25. The number of hydrogen-bond donors (Lipinski definition) is 0. The molecule has 0 fully saturated rings. The molecule has 0 radical (unpaired) electrons. The van der Waals surface area contributed by atoms with Gasteiger partial charge in [0.05, 0.1) is 52.4 Å². The van der Waals surface area contributed by atoms with Gasteiger partial charge in [-0.3, -0.25) is 0 Å². The first-order chi connectivity index (χ1) is 17.5. The minimum Gasteiger partial charge on any atom is -1.00 e. The molecular weight excluding hydrogens is 620 g/mol. The van der Waals surface area contributed by atoms with Crippen LogP contribution in [0.1, 0.15) is 158 Å². The molecule has 0 spiro atoms. The van der Waals surface area contributed by atoms with Gasteiger partial charge in [0.2, 0.25) is 0 Å². The van der Waals surface area contributed by atoms with E-state index in [4.69, 9.17) is 4.21 Å². The molecule has 0 aliphatic heterocycles. The number of halogens is 2. The average Bonchev–Trinajstić information content (AvgIpc) is 2.93. The third kappa shape index (κ3) is 28.4. The van der Waals surface area contributed by atoms with Crippen molar-refractivity contribution in [2.45, 2.75) is 158 Å². The van der Waals surface area contributed by atoms with Crippen LogP contribution in [0.25, 0.3) is 0 Å². The zero-order valence-corrected chi connectivity index (χ0v) is 31.4. The fourth-order valence-electron chi connectivity index (χ4n) is 5.29. The van der Waals surface area contributed by atoms with Crippen LogP contribution in [0.15, 0.2) is 0 Å². The van der Waals surface area contributed by atoms with Crippen LogP contribution in [-0.4, -0.2) is 65.5 Å². The topological polar surface area (TPSA) is 17.1 Å². The smallest absolute Gasteiger partial charge is 0.197 e. The van der Waals surface area contributed by atoms with Gasteiger partial charge >= 0.3 is 0 Å². The standard InChI is InChI=1S/2C16H36N.2BrH.OS/c2*1-5-9-13-17(14-10-6-2,15-11-7-3)16-12-8-4;;;1-2/h2*5-16H2,1-4H3;2*1H;/q2*+1;;;/p-2. The molecule has 0 N–H and O–H groups in total. The molecule has 236 valence electrons. The zero-order valence-electron chi connectivity index (χ0n) is 27.4. The summed E-state index contributed by atoms with van der Waals surface area (Å²) in [7, 11) is 0. The Balaban J connectivity index is -0.000000171. The number of unbranched alkanes of at least 4 members (excludes halogenated alkanes) is 8. The molecule has 0 unspecified atom stereocenters. The first-order valence-electron chi connectivity index (χ1n) is 16.4. The minimum atomic E-state index is 0. The van der Waals surface area contributed by atoms with E-state index in [0.29, 0.717) is 0 Å². The van der Waals surface area contributed by atoms with Crippen LogP contribution in [-0.2, 0) is 12.5 Å². The second kappa shape index (κ2) is 37.9. The molecule has 0 aromatic carbocycles. The Morgan fingerprint density at radius 3 is 0.500 bits per heavy atom. The SMILES string of the molecule is CCCC[N+](CCCC)(CCCC)CCCC.CCCC[N+](CCCC)(CCCC)CCCC.O=S.[Br-].[Br-]. The highest BCUT2D eigenvalue weighted by molar-refractivity contribution is 7.44. The molecule has 0 rings (SSSR count). The summed E-state index contributed by atoms with van der Waals surface area (Å²) >= 11 is 2.83. The van der Waals surface area contributed by atoms with E-state index in [1.165, 1.54) is 164 Å². The van der Waals surface area contributed by atoms with E-state index >= 15 is 0 Å². The second-order valence-corrected chi connectivity index (χ2v) is 11.3. The molecular formula is C32H72Br2N2OS. The van der Waals surface area contributed by atoms with Crippen LogP contribution in [0.4, 0.5) is 0 Å². The van der Waals surface area contributed by atoms with Gasteiger partial charge < -0.3 is 42.9 Å². The molecule has 38 heavy (non-hydrogen) atoms. The maximum atomic E-state index is 7.83. The van der Waals surface area contributed by atoms with Crippen molar-refractivity contribution in [3.8, 4) is 0 Å². The predicted molar refractivity (Wildman–Crippen MR) is 167 cm³/mol. The van der Waals surface area contributed by atoms with E-state index in [-0.39, 0.29) is 34.0 Å². The summed E-state index contributed by atoms with van der Waals surface area (Å²) in [6.45, 7) is 30.0. The fourth-order valence-corrected chi connectivity index (χ4v) is 5.29. The molecule has 0 amide bonds. The van der Waals surface area contributed by atoms with Gasteiger partial charge in [0.1, 0.15) is 0 Å². The average molecular weight is 693 g/mol. The van der Waals surface area contributed by atoms with E-state index in [0.717, 1.165) is 0 Å². The van der Waals surface area contributed by atoms with E-state index in [9.17, 15) is 0 Å². The number of rotatable bonds is 24. The molecule has 0 aliphatic rings. The van der Waals surface area contributed by atoms with Crippen LogP contribution in [0.5, 0.6) is 0 Å². The Morgan fingerprint density at radius 1 is 0.316 bits per heavy atom. The summed E-state index contributed by atoms with van der Waals surface area (Å²) in [6, 6.07) is 0. The molecule has 0 saturated carbocycles. The first-order valence-corrected chi connectivity index (χ1v) is 16.7. The quantitative estimate of drug-likeness (QED) is 0.144. The number of quaternary nitrogens is 2. The van der Waals surface area contributed by atoms with E-state index in [1.807, 2.05) is 0 Å². The molecule has 6 heteroatoms. The Hall–Kier alpha value is 0.900. The van der Waals surface area contributed by atoms with E-state index in [1.54, 1.807) is 0 Å². The van der Waals surface area contributed by atoms with Crippen molar-refractivity contribution >= 4 is 12.5 Å². The number of hydrogen-bond acceptors (Lipinski definition) is 2. The maximum absolute atomic E-state index is 7.83. The van der Waals surface area contributed by atoms with Crippen LogP contribution < -0.4 is 34.0 Å². The third-order valence-corrected chi connectivity index (χ3v) is 7.89. The fraction of sp³-hybridized carbons (Fsp3) is 1.00. The van der Waals surface area contributed by atoms with Crippen molar-refractivity contribution in [3.05, 3.63) is 0 Å². The zero-order chi connectivity index (χ0) is 28.0. The van der Waals surface area contributed by atoms with Gasteiger partial charge in [-0.15, -0.1) is 0 Å². The predicted octanol–water partition coefficient (Wildman–Crippen LogP) is 3.68. The lowest BCUT2D eigenvalue weighted by atomic mass is 10.1. The van der Waals surface area contributed by atoms with Gasteiger partial charge in [0.25, 0.3) is 0 Å². The van der Waals surface area contributed by atoms with Crippen LogP contribution in [0.3, 0.4) is 0 Å². The molecule has 3 nitrogen and oxygen atoms in total. The minimum absolute atomic E-state index is 0. The second-order valence-electron chi connectivity index (χ2n) is 11.3. The van der Waals surface area contributed by atoms with E-state index in [2.05, 4.69) is 67.9 Å². The monoisotopic (exact) mass is 690 g/mol. The summed E-state index contributed by atoms with van der Waals surface area (Å²) in [4.78, 5) is 0. The molecule has 0 heterocycles. The molecule has 0 saturated heterocycles. The molecule has 0 aliphatic carbocycles. The Morgan fingerprint density at radius 2 is 0.421 bits per heavy atom. The summed E-state index contributed by atoms with van der Waals surface area (Å²) in [5, 5.41) is 0. The Labute approximate surface area is 268 Å². The van der Waals surface area contributed by atoms with Gasteiger partial charge in [0.15, 0.2) is 12.5 Å². The lowest BCUT2D eigenvalue weighted by molar-refractivity contribution is -0.929. The van der Waals surface area contributed by atoms with Crippen LogP contribution in [0.2, 0.25) is 0 Å². The molecule has 0 atom stereocenters. The Kier molecular flexibility index (Phi) is 48.5. The molecule has 0 aromatic heterocycles. The summed E-state index contributed by atoms with van der Waals surface area (Å²) in [5.74, 6) is 0. The van der Waals surface area contributed by atoms with Crippen molar-refractivity contribution in [3.63, 3.8) is 0 Å². The lowest BCUT2D eigenvalue weighted by Crippen LogP contribution is -3.00. The van der Waals surface area contributed by atoms with Crippen molar-refractivity contribution in [1.29, 1.82) is 0 Å². The first kappa shape index (κ1) is 48.6. The normalized spacial score (nSPS) is 10.8. The van der Waals surface area contributed by atoms with Crippen molar-refractivity contribution in [2.75, 3.05) is 52.4 Å². The molecule has 0 aromatic rings. The van der Waals surface area contributed by atoms with Gasteiger partial charge in [-0.1, -0.05) is 107 Å². The summed E-state index contributed by atoms with van der Waals surface area (Å²) < 4.78 is 10.7. The van der Waals surface area contributed by atoms with Crippen LogP contribution >= 0.6 is 0 Å². The van der Waals surface area contributed by atoms with Gasteiger partial charge in [0, 0.05) is 0 Å². The maximum Gasteiger partial charge on any atom is 0.197 e. The number of nitrogens with zero attached hydrogens (tertiary/aromatic N) is 2. The highest BCUT2D eigenvalue weighted by Crippen LogP contribution is 2.17. The largest absolute Gasteiger partial charge is 1.00 e. The summed E-state index contributed by atoms with van der Waals surface area (Å²) in [5.41, 5.74) is 0. The third-order valence-electron chi connectivity index (χ3n) is 7.89. The summed E-state index contributed by atoms with van der Waals surface area (Å²) in [6.07, 6.45) is 22.1. The van der Waals surface area contributed by atoms with Gasteiger partial charge in [-0.2, -0.15) is 4.21 Å². The van der Waals surface area contributed by atoms with Crippen LogP contribution in [0, 0.1) is 0 Å². The van der Waals surface area contributed by atoms with Crippen molar-refractivity contribution in [2.24, 2.45) is 0 Å². The molecule has 0 bridgehead atoms. The van der Waals surface area contributed by atoms with Crippen molar-refractivity contribution < 1.29 is 47.1 Å². The van der Waals surface area contributed by atoms with Crippen molar-refractivity contribution in [1.82, 2.24) is 0 Å². The van der Waals surface area contributed by atoms with E-state index < -0.39 is 0 Å².